The van der Waals surface area contributed by atoms with Crippen LogP contribution in [-0.2, 0) is 4.74 Å². The first-order valence-electron chi connectivity index (χ1n) is 6.63. The Kier molecular flexibility index (Phi) is 11.9. The van der Waals surface area contributed by atoms with Crippen LogP contribution in [0.4, 0.5) is 0 Å². The van der Waals surface area contributed by atoms with Crippen molar-refractivity contribution in [2.45, 2.75) is 71.3 Å². The lowest BCUT2D eigenvalue weighted by Crippen LogP contribution is -2.12. The van der Waals surface area contributed by atoms with Crippen LogP contribution >= 0.6 is 0 Å². The lowest BCUT2D eigenvalue weighted by molar-refractivity contribution is 0.0579. The van der Waals surface area contributed by atoms with Gasteiger partial charge in [0, 0.05) is 6.61 Å². The smallest absolute Gasteiger partial charge is 0.0547 e. The van der Waals surface area contributed by atoms with Gasteiger partial charge in [-0.3, -0.25) is 0 Å². The van der Waals surface area contributed by atoms with Crippen molar-refractivity contribution in [1.29, 1.82) is 0 Å². The summed E-state index contributed by atoms with van der Waals surface area (Å²) in [5.41, 5.74) is 5.40. The van der Waals surface area contributed by atoms with Crippen LogP contribution in [0.2, 0.25) is 0 Å². The van der Waals surface area contributed by atoms with Crippen LogP contribution in [0.25, 0.3) is 0 Å². The fraction of sp³-hybridized carbons (Fsp3) is 1.00. The van der Waals surface area contributed by atoms with E-state index in [-0.39, 0.29) is 0 Å². The molecule has 1 unspecified atom stereocenters. The molecular formula is C13H29NO. The van der Waals surface area contributed by atoms with Gasteiger partial charge in [0.15, 0.2) is 0 Å². The van der Waals surface area contributed by atoms with E-state index in [1.165, 1.54) is 44.9 Å². The minimum Gasteiger partial charge on any atom is -0.378 e. The monoisotopic (exact) mass is 215 g/mol. The summed E-state index contributed by atoms with van der Waals surface area (Å²) in [6.07, 6.45) is 10.8. The van der Waals surface area contributed by atoms with Crippen molar-refractivity contribution in [2.24, 2.45) is 5.73 Å². The molecule has 0 aromatic carbocycles. The summed E-state index contributed by atoms with van der Waals surface area (Å²) < 4.78 is 5.63. The molecule has 2 heteroatoms. The summed E-state index contributed by atoms with van der Waals surface area (Å²) in [5, 5.41) is 0. The molecule has 0 aliphatic rings. The Balaban J connectivity index is 3.06. The normalized spacial score (nSPS) is 13.0. The summed E-state index contributed by atoms with van der Waals surface area (Å²) in [5.74, 6) is 0. The Morgan fingerprint density at radius 2 is 1.67 bits per heavy atom. The minimum absolute atomic E-state index is 0.419. The molecule has 0 bridgehead atoms. The Morgan fingerprint density at radius 1 is 1.00 bits per heavy atom. The molecule has 0 amide bonds. The zero-order valence-electron chi connectivity index (χ0n) is 10.6. The van der Waals surface area contributed by atoms with Crippen LogP contribution in [0.3, 0.4) is 0 Å². The summed E-state index contributed by atoms with van der Waals surface area (Å²) in [6.45, 7) is 5.99. The Hall–Kier alpha value is -0.0800. The topological polar surface area (TPSA) is 35.2 Å². The van der Waals surface area contributed by atoms with E-state index in [0.717, 1.165) is 19.6 Å². The van der Waals surface area contributed by atoms with Gasteiger partial charge in [-0.25, -0.2) is 0 Å². The van der Waals surface area contributed by atoms with Gasteiger partial charge in [-0.05, 0) is 26.3 Å². The third kappa shape index (κ3) is 11.8. The second-order valence-corrected chi connectivity index (χ2v) is 4.38. The molecule has 0 aromatic rings. The fourth-order valence-corrected chi connectivity index (χ4v) is 1.66. The standard InChI is InChI=1S/C13H29NO/c1-3-4-5-6-7-8-10-13(2)15-12-9-11-14/h13H,3-12,14H2,1-2H3. The van der Waals surface area contributed by atoms with E-state index in [1.54, 1.807) is 0 Å². The first kappa shape index (κ1) is 14.9. The van der Waals surface area contributed by atoms with E-state index in [4.69, 9.17) is 10.5 Å². The van der Waals surface area contributed by atoms with E-state index in [1.807, 2.05) is 0 Å². The SMILES string of the molecule is CCCCCCCCC(C)OCCCN. The average molecular weight is 215 g/mol. The molecular weight excluding hydrogens is 186 g/mol. The highest BCUT2D eigenvalue weighted by Gasteiger charge is 2.00. The molecule has 2 nitrogen and oxygen atoms in total. The van der Waals surface area contributed by atoms with Gasteiger partial charge < -0.3 is 10.5 Å². The fourth-order valence-electron chi connectivity index (χ4n) is 1.66. The summed E-state index contributed by atoms with van der Waals surface area (Å²) in [6, 6.07) is 0. The lowest BCUT2D eigenvalue weighted by atomic mass is 10.1. The number of rotatable bonds is 11. The van der Waals surface area contributed by atoms with Crippen molar-refractivity contribution in [3.8, 4) is 0 Å². The summed E-state index contributed by atoms with van der Waals surface area (Å²) >= 11 is 0. The number of nitrogens with two attached hydrogens (primary N) is 1. The molecule has 0 saturated carbocycles. The molecule has 15 heavy (non-hydrogen) atoms. The van der Waals surface area contributed by atoms with Gasteiger partial charge >= 0.3 is 0 Å². The largest absolute Gasteiger partial charge is 0.378 e. The molecule has 0 rings (SSSR count). The highest BCUT2D eigenvalue weighted by atomic mass is 16.5. The molecule has 0 radical (unpaired) electrons. The molecule has 0 fully saturated rings. The predicted molar refractivity (Wildman–Crippen MR) is 67.1 cm³/mol. The molecule has 2 N–H and O–H groups in total. The second kappa shape index (κ2) is 12.0. The van der Waals surface area contributed by atoms with Crippen molar-refractivity contribution in [1.82, 2.24) is 0 Å². The van der Waals surface area contributed by atoms with Crippen LogP contribution in [0, 0.1) is 0 Å². The molecule has 0 aliphatic heterocycles. The summed E-state index contributed by atoms with van der Waals surface area (Å²) in [7, 11) is 0. The van der Waals surface area contributed by atoms with Crippen LogP contribution in [0.1, 0.15) is 65.2 Å². The van der Waals surface area contributed by atoms with Gasteiger partial charge in [0.1, 0.15) is 0 Å². The molecule has 0 aromatic heterocycles. The van der Waals surface area contributed by atoms with Gasteiger partial charge in [0.25, 0.3) is 0 Å². The van der Waals surface area contributed by atoms with E-state index in [2.05, 4.69) is 13.8 Å². The van der Waals surface area contributed by atoms with Crippen molar-refractivity contribution >= 4 is 0 Å². The molecule has 0 spiro atoms. The van der Waals surface area contributed by atoms with Crippen LogP contribution in [0.5, 0.6) is 0 Å². The van der Waals surface area contributed by atoms with Gasteiger partial charge in [-0.15, -0.1) is 0 Å². The maximum Gasteiger partial charge on any atom is 0.0547 e. The maximum atomic E-state index is 5.63. The van der Waals surface area contributed by atoms with Gasteiger partial charge in [-0.1, -0.05) is 45.4 Å². The van der Waals surface area contributed by atoms with Crippen molar-refractivity contribution in [3.05, 3.63) is 0 Å². The van der Waals surface area contributed by atoms with Crippen LogP contribution < -0.4 is 5.73 Å². The first-order chi connectivity index (χ1) is 7.31. The predicted octanol–water partition coefficient (Wildman–Crippen LogP) is 3.49. The molecule has 0 aliphatic carbocycles. The van der Waals surface area contributed by atoms with Crippen molar-refractivity contribution < 1.29 is 4.74 Å². The third-order valence-electron chi connectivity index (χ3n) is 2.72. The van der Waals surface area contributed by atoms with Gasteiger partial charge in [0.2, 0.25) is 0 Å². The molecule has 0 heterocycles. The van der Waals surface area contributed by atoms with Gasteiger partial charge in [0.05, 0.1) is 6.10 Å². The number of unbranched alkanes of at least 4 members (excludes halogenated alkanes) is 5. The highest BCUT2D eigenvalue weighted by molar-refractivity contribution is 4.52. The quantitative estimate of drug-likeness (QED) is 0.535. The second-order valence-electron chi connectivity index (χ2n) is 4.38. The first-order valence-corrected chi connectivity index (χ1v) is 6.63. The van der Waals surface area contributed by atoms with Crippen LogP contribution in [0.15, 0.2) is 0 Å². The zero-order valence-corrected chi connectivity index (χ0v) is 10.6. The summed E-state index contributed by atoms with van der Waals surface area (Å²) in [4.78, 5) is 0. The van der Waals surface area contributed by atoms with Crippen molar-refractivity contribution in [3.63, 3.8) is 0 Å². The van der Waals surface area contributed by atoms with E-state index in [0.29, 0.717) is 6.10 Å². The van der Waals surface area contributed by atoms with E-state index < -0.39 is 0 Å². The Labute approximate surface area is 95.6 Å². The lowest BCUT2D eigenvalue weighted by Gasteiger charge is -2.12. The number of hydrogen-bond donors (Lipinski definition) is 1. The number of ether oxygens (including phenoxy) is 1. The molecule has 1 atom stereocenters. The molecule has 0 saturated heterocycles. The molecule has 92 valence electrons. The maximum absolute atomic E-state index is 5.63. The zero-order chi connectivity index (χ0) is 11.4. The van der Waals surface area contributed by atoms with Crippen LogP contribution in [-0.4, -0.2) is 19.3 Å². The van der Waals surface area contributed by atoms with E-state index >= 15 is 0 Å². The highest BCUT2D eigenvalue weighted by Crippen LogP contribution is 2.10. The third-order valence-corrected chi connectivity index (χ3v) is 2.72. The average Bonchev–Trinajstić information content (AvgIpc) is 2.23. The van der Waals surface area contributed by atoms with Gasteiger partial charge in [-0.2, -0.15) is 0 Å². The van der Waals surface area contributed by atoms with Crippen molar-refractivity contribution in [2.75, 3.05) is 13.2 Å². The minimum atomic E-state index is 0.419. The Bertz CT molecular complexity index is 117. The van der Waals surface area contributed by atoms with E-state index in [9.17, 15) is 0 Å². The number of hydrogen-bond acceptors (Lipinski definition) is 2. The Morgan fingerprint density at radius 3 is 2.33 bits per heavy atom.